The van der Waals surface area contributed by atoms with Crippen molar-refractivity contribution in [1.29, 1.82) is 0 Å². The van der Waals surface area contributed by atoms with Gasteiger partial charge in [-0.15, -0.1) is 0 Å². The van der Waals surface area contributed by atoms with Crippen LogP contribution in [-0.4, -0.2) is 42.2 Å². The first-order chi connectivity index (χ1) is 8.66. The van der Waals surface area contributed by atoms with E-state index in [1.54, 1.807) is 24.3 Å². The van der Waals surface area contributed by atoms with E-state index >= 15 is 0 Å². The molecule has 18 heavy (non-hydrogen) atoms. The van der Waals surface area contributed by atoms with E-state index in [0.717, 1.165) is 25.9 Å². The fraction of sp³-hybridized carbons (Fsp3) is 0.500. The number of aliphatic hydroxyl groups is 1. The molecule has 0 aliphatic carbocycles. The van der Waals surface area contributed by atoms with Crippen LogP contribution in [0.1, 0.15) is 24.5 Å². The van der Waals surface area contributed by atoms with Crippen molar-refractivity contribution in [3.05, 3.63) is 35.9 Å². The van der Waals surface area contributed by atoms with Gasteiger partial charge in [-0.05, 0) is 25.5 Å². The highest BCUT2D eigenvalue weighted by atomic mass is 16.6. The third-order valence-electron chi connectivity index (χ3n) is 3.29. The summed E-state index contributed by atoms with van der Waals surface area (Å²) in [6, 6.07) is 8.88. The summed E-state index contributed by atoms with van der Waals surface area (Å²) in [4.78, 5) is 14.0. The maximum atomic E-state index is 11.8. The van der Waals surface area contributed by atoms with E-state index in [2.05, 4.69) is 11.9 Å². The minimum Gasteiger partial charge on any atom is -0.460 e. The largest absolute Gasteiger partial charge is 0.460 e. The maximum absolute atomic E-state index is 11.8. The highest BCUT2D eigenvalue weighted by molar-refractivity contribution is 5.76. The van der Waals surface area contributed by atoms with Crippen molar-refractivity contribution in [2.45, 2.75) is 25.0 Å². The topological polar surface area (TPSA) is 49.8 Å². The van der Waals surface area contributed by atoms with Crippen molar-refractivity contribution in [2.75, 3.05) is 20.1 Å². The van der Waals surface area contributed by atoms with Crippen LogP contribution in [0.3, 0.4) is 0 Å². The third-order valence-corrected chi connectivity index (χ3v) is 3.29. The van der Waals surface area contributed by atoms with Crippen LogP contribution in [0.15, 0.2) is 30.3 Å². The van der Waals surface area contributed by atoms with Gasteiger partial charge in [-0.3, -0.25) is 0 Å². The lowest BCUT2D eigenvalue weighted by molar-refractivity contribution is -0.161. The molecule has 4 nitrogen and oxygen atoms in total. The van der Waals surface area contributed by atoms with E-state index in [-0.39, 0.29) is 6.10 Å². The second kappa shape index (κ2) is 5.98. The van der Waals surface area contributed by atoms with E-state index in [0.29, 0.717) is 5.56 Å². The van der Waals surface area contributed by atoms with E-state index in [9.17, 15) is 9.90 Å². The summed E-state index contributed by atoms with van der Waals surface area (Å²) in [6.07, 6.45) is 0.436. The number of carbonyl (C=O) groups excluding carboxylic acids is 1. The molecule has 98 valence electrons. The number of benzene rings is 1. The van der Waals surface area contributed by atoms with Crippen molar-refractivity contribution in [2.24, 2.45) is 0 Å². The first kappa shape index (κ1) is 13.1. The number of hydrogen-bond donors (Lipinski definition) is 1. The Kier molecular flexibility index (Phi) is 4.33. The van der Waals surface area contributed by atoms with Crippen molar-refractivity contribution in [1.82, 2.24) is 4.90 Å². The van der Waals surface area contributed by atoms with E-state index in [1.807, 2.05) is 6.07 Å². The van der Waals surface area contributed by atoms with Gasteiger partial charge in [0.1, 0.15) is 6.10 Å². The fourth-order valence-corrected chi connectivity index (χ4v) is 2.10. The summed E-state index contributed by atoms with van der Waals surface area (Å²) in [6.45, 7) is 1.86. The Morgan fingerprint density at radius 2 is 1.94 bits per heavy atom. The summed E-state index contributed by atoms with van der Waals surface area (Å²) < 4.78 is 5.34. The Morgan fingerprint density at radius 3 is 2.56 bits per heavy atom. The summed E-state index contributed by atoms with van der Waals surface area (Å²) in [5, 5.41) is 9.89. The Hall–Kier alpha value is -1.39. The number of esters is 1. The Balaban J connectivity index is 1.88. The number of aliphatic hydroxyl groups excluding tert-OH is 1. The maximum Gasteiger partial charge on any atom is 0.339 e. The summed E-state index contributed by atoms with van der Waals surface area (Å²) in [5.74, 6) is -0.546. The van der Waals surface area contributed by atoms with Gasteiger partial charge in [0.05, 0.1) is 0 Å². The average Bonchev–Trinajstić information content (AvgIpc) is 2.41. The lowest BCUT2D eigenvalue weighted by atomic mass is 10.1. The van der Waals surface area contributed by atoms with Crippen LogP contribution < -0.4 is 0 Å². The molecule has 0 spiro atoms. The zero-order valence-electron chi connectivity index (χ0n) is 10.6. The molecule has 0 unspecified atom stereocenters. The standard InChI is InChI=1S/C14H19NO3/c1-15-9-7-12(8-10-15)18-14(17)13(16)11-5-3-2-4-6-11/h2-6,12-13,16H,7-10H2,1H3/t13-/m1/s1. The van der Waals surface area contributed by atoms with Crippen molar-refractivity contribution in [3.63, 3.8) is 0 Å². The van der Waals surface area contributed by atoms with Crippen LogP contribution in [0.2, 0.25) is 0 Å². The highest BCUT2D eigenvalue weighted by Gasteiger charge is 2.25. The lowest BCUT2D eigenvalue weighted by Crippen LogP contribution is -2.36. The SMILES string of the molecule is CN1CCC(OC(=O)[C@H](O)c2ccccc2)CC1. The second-order valence-electron chi connectivity index (χ2n) is 4.75. The van der Waals surface area contributed by atoms with Crippen molar-refractivity contribution in [3.8, 4) is 0 Å². The van der Waals surface area contributed by atoms with Gasteiger partial charge >= 0.3 is 5.97 Å². The Labute approximate surface area is 107 Å². The molecular weight excluding hydrogens is 230 g/mol. The molecule has 1 saturated heterocycles. The summed E-state index contributed by atoms with van der Waals surface area (Å²) in [7, 11) is 2.05. The smallest absolute Gasteiger partial charge is 0.339 e. The molecule has 0 saturated carbocycles. The first-order valence-corrected chi connectivity index (χ1v) is 6.29. The molecule has 1 aliphatic heterocycles. The van der Waals surface area contributed by atoms with Crippen LogP contribution in [0.4, 0.5) is 0 Å². The molecule has 0 aromatic heterocycles. The molecule has 0 radical (unpaired) electrons. The molecule has 1 aromatic rings. The van der Waals surface area contributed by atoms with Gasteiger partial charge in [-0.1, -0.05) is 30.3 Å². The molecule has 4 heteroatoms. The molecule has 1 N–H and O–H groups in total. The normalized spacial score (nSPS) is 19.4. The van der Waals surface area contributed by atoms with Crippen LogP contribution in [0.25, 0.3) is 0 Å². The van der Waals surface area contributed by atoms with E-state index in [4.69, 9.17) is 4.74 Å². The summed E-state index contributed by atoms with van der Waals surface area (Å²) in [5.41, 5.74) is 0.579. The lowest BCUT2D eigenvalue weighted by Gasteiger charge is -2.29. The van der Waals surface area contributed by atoms with Gasteiger partial charge in [0, 0.05) is 13.1 Å². The Bertz CT molecular complexity index is 385. The number of carbonyl (C=O) groups is 1. The highest BCUT2D eigenvalue weighted by Crippen LogP contribution is 2.18. The van der Waals surface area contributed by atoms with Gasteiger partial charge < -0.3 is 14.7 Å². The zero-order valence-corrected chi connectivity index (χ0v) is 10.6. The van der Waals surface area contributed by atoms with Crippen LogP contribution in [0.5, 0.6) is 0 Å². The predicted octanol–water partition coefficient (Wildman–Crippen LogP) is 1.36. The number of rotatable bonds is 3. The number of piperidine rings is 1. The molecular formula is C14H19NO3. The molecule has 0 amide bonds. The van der Waals surface area contributed by atoms with Crippen molar-refractivity contribution >= 4 is 5.97 Å². The molecule has 1 aliphatic rings. The number of ether oxygens (including phenoxy) is 1. The van der Waals surface area contributed by atoms with Crippen molar-refractivity contribution < 1.29 is 14.6 Å². The second-order valence-corrected chi connectivity index (χ2v) is 4.75. The average molecular weight is 249 g/mol. The quantitative estimate of drug-likeness (QED) is 0.822. The molecule has 1 heterocycles. The molecule has 1 fully saturated rings. The van der Waals surface area contributed by atoms with Crippen LogP contribution >= 0.6 is 0 Å². The molecule has 2 rings (SSSR count). The summed E-state index contributed by atoms with van der Waals surface area (Å²) >= 11 is 0. The molecule has 1 aromatic carbocycles. The fourth-order valence-electron chi connectivity index (χ4n) is 2.10. The van der Waals surface area contributed by atoms with E-state index in [1.165, 1.54) is 0 Å². The van der Waals surface area contributed by atoms with Crippen LogP contribution in [0, 0.1) is 0 Å². The van der Waals surface area contributed by atoms with Crippen LogP contribution in [-0.2, 0) is 9.53 Å². The number of likely N-dealkylation sites (tertiary alicyclic amines) is 1. The van der Waals surface area contributed by atoms with Gasteiger partial charge in [-0.2, -0.15) is 0 Å². The third kappa shape index (κ3) is 3.31. The minimum absolute atomic E-state index is 0.0629. The monoisotopic (exact) mass is 249 g/mol. The minimum atomic E-state index is -1.18. The number of hydrogen-bond acceptors (Lipinski definition) is 4. The first-order valence-electron chi connectivity index (χ1n) is 6.29. The Morgan fingerprint density at radius 1 is 1.33 bits per heavy atom. The van der Waals surface area contributed by atoms with Gasteiger partial charge in [0.25, 0.3) is 0 Å². The number of nitrogens with zero attached hydrogens (tertiary/aromatic N) is 1. The van der Waals surface area contributed by atoms with Gasteiger partial charge in [0.15, 0.2) is 6.10 Å². The van der Waals surface area contributed by atoms with Gasteiger partial charge in [0.2, 0.25) is 0 Å². The molecule has 1 atom stereocenters. The van der Waals surface area contributed by atoms with Gasteiger partial charge in [-0.25, -0.2) is 4.79 Å². The molecule has 0 bridgehead atoms. The van der Waals surface area contributed by atoms with E-state index < -0.39 is 12.1 Å². The zero-order chi connectivity index (χ0) is 13.0. The predicted molar refractivity (Wildman–Crippen MR) is 68.0 cm³/mol.